The van der Waals surface area contributed by atoms with E-state index in [4.69, 9.17) is 4.74 Å². The van der Waals surface area contributed by atoms with Crippen molar-refractivity contribution < 1.29 is 19.4 Å². The Labute approximate surface area is 148 Å². The number of phenols is 1. The van der Waals surface area contributed by atoms with Gasteiger partial charge >= 0.3 is 5.97 Å². The lowest BCUT2D eigenvalue weighted by atomic mass is 9.50. The van der Waals surface area contributed by atoms with Gasteiger partial charge in [0, 0.05) is 17.9 Å². The third-order valence-corrected chi connectivity index (χ3v) is 6.65. The number of likely N-dealkylation sites (N-methyl/N-ethyl adjacent to an activating group) is 1. The third kappa shape index (κ3) is 2.40. The van der Waals surface area contributed by atoms with Crippen molar-refractivity contribution in [2.45, 2.75) is 44.1 Å². The second-order valence-corrected chi connectivity index (χ2v) is 7.79. The number of likely N-dealkylation sites (tertiary alicyclic amines) is 1. The van der Waals surface area contributed by atoms with Crippen molar-refractivity contribution in [1.29, 1.82) is 0 Å². The van der Waals surface area contributed by atoms with Gasteiger partial charge in [-0.3, -0.25) is 9.59 Å². The van der Waals surface area contributed by atoms with Gasteiger partial charge in [0.1, 0.15) is 17.5 Å². The average Bonchev–Trinajstić information content (AvgIpc) is 2.58. The van der Waals surface area contributed by atoms with E-state index in [1.54, 1.807) is 13.0 Å². The van der Waals surface area contributed by atoms with Gasteiger partial charge in [0.25, 0.3) is 0 Å². The Balaban J connectivity index is 1.78. The summed E-state index contributed by atoms with van der Waals surface area (Å²) in [6.45, 7) is 3.01. The Hall–Kier alpha value is -1.88. The van der Waals surface area contributed by atoms with E-state index in [2.05, 4.69) is 11.9 Å². The predicted octanol–water partition coefficient (Wildman–Crippen LogP) is 2.05. The maximum Gasteiger partial charge on any atom is 0.316 e. The fraction of sp³-hybridized carbons (Fsp3) is 0.600. The molecule has 0 spiro atoms. The molecule has 2 aliphatic carbocycles. The third-order valence-electron chi connectivity index (χ3n) is 6.65. The summed E-state index contributed by atoms with van der Waals surface area (Å²) in [7, 11) is 2.13. The second kappa shape index (κ2) is 5.84. The van der Waals surface area contributed by atoms with E-state index < -0.39 is 5.92 Å². The van der Waals surface area contributed by atoms with Gasteiger partial charge in [0.15, 0.2) is 0 Å². The number of fused-ring (bicyclic) bond motifs is 1. The fourth-order valence-corrected chi connectivity index (χ4v) is 5.45. The lowest BCUT2D eigenvalue weighted by Gasteiger charge is -2.58. The summed E-state index contributed by atoms with van der Waals surface area (Å²) in [5.74, 6) is -0.512. The minimum Gasteiger partial charge on any atom is -0.508 e. The first-order valence-electron chi connectivity index (χ1n) is 9.18. The van der Waals surface area contributed by atoms with E-state index in [-0.39, 0.29) is 28.8 Å². The SMILES string of the molecule is CCOC(=O)[C@H]1CC2C3Cc4ccc(O)cc4C2(CCN3C)CC1=O. The monoisotopic (exact) mass is 343 g/mol. The largest absolute Gasteiger partial charge is 0.508 e. The van der Waals surface area contributed by atoms with Gasteiger partial charge in [-0.2, -0.15) is 0 Å². The van der Waals surface area contributed by atoms with Gasteiger partial charge in [-0.1, -0.05) is 6.07 Å². The standard InChI is InChI=1S/C20H25NO4/c1-3-25-19(24)14-10-16-17-8-12-4-5-13(22)9-15(12)20(16,11-18(14)23)6-7-21(17)2/h4-5,9,14,16-17,22H,3,6-8,10-11H2,1-2H3/t14-,16?,17?,20?/m0/s1. The van der Waals surface area contributed by atoms with Crippen molar-refractivity contribution in [2.24, 2.45) is 11.8 Å². The molecule has 4 rings (SSSR count). The zero-order valence-corrected chi connectivity index (χ0v) is 14.8. The smallest absolute Gasteiger partial charge is 0.316 e. The number of hydrogen-bond donors (Lipinski definition) is 1. The Bertz CT molecular complexity index is 730. The summed E-state index contributed by atoms with van der Waals surface area (Å²) in [6, 6.07) is 5.91. The highest BCUT2D eigenvalue weighted by molar-refractivity contribution is 6.00. The number of hydrogen-bond acceptors (Lipinski definition) is 5. The summed E-state index contributed by atoms with van der Waals surface area (Å²) >= 11 is 0. The minimum atomic E-state index is -0.633. The van der Waals surface area contributed by atoms with Crippen LogP contribution in [-0.2, 0) is 26.2 Å². The molecule has 1 N–H and O–H groups in total. The molecule has 2 bridgehead atoms. The average molecular weight is 343 g/mol. The maximum absolute atomic E-state index is 12.9. The van der Waals surface area contributed by atoms with Crippen LogP contribution in [0.15, 0.2) is 18.2 Å². The molecule has 0 amide bonds. The first-order valence-corrected chi connectivity index (χ1v) is 9.18. The maximum atomic E-state index is 12.9. The van der Waals surface area contributed by atoms with Crippen LogP contribution in [0.1, 0.15) is 37.3 Å². The van der Waals surface area contributed by atoms with E-state index in [1.165, 1.54) is 5.56 Å². The first kappa shape index (κ1) is 16.6. The van der Waals surface area contributed by atoms with Gasteiger partial charge < -0.3 is 14.7 Å². The lowest BCUT2D eigenvalue weighted by Crippen LogP contribution is -2.62. The van der Waals surface area contributed by atoms with E-state index in [9.17, 15) is 14.7 Å². The van der Waals surface area contributed by atoms with E-state index in [0.717, 1.165) is 24.9 Å². The van der Waals surface area contributed by atoms with Gasteiger partial charge in [0.05, 0.1) is 6.61 Å². The number of ether oxygens (including phenoxy) is 1. The van der Waals surface area contributed by atoms with E-state index >= 15 is 0 Å². The molecule has 0 aromatic heterocycles. The van der Waals surface area contributed by atoms with Crippen LogP contribution in [0.25, 0.3) is 0 Å². The number of esters is 1. The lowest BCUT2D eigenvalue weighted by molar-refractivity contribution is -0.157. The number of Topliss-reactive ketones (excluding diaryl/α,β-unsaturated/α-hetero) is 1. The van der Waals surface area contributed by atoms with Crippen LogP contribution in [0, 0.1) is 11.8 Å². The Morgan fingerprint density at radius 1 is 1.44 bits per heavy atom. The van der Waals surface area contributed by atoms with Crippen LogP contribution in [-0.4, -0.2) is 48.0 Å². The van der Waals surface area contributed by atoms with Crippen LogP contribution in [0.3, 0.4) is 0 Å². The molecule has 3 unspecified atom stereocenters. The van der Waals surface area contributed by atoms with Crippen LogP contribution in [0.2, 0.25) is 0 Å². The van der Waals surface area contributed by atoms with E-state index in [0.29, 0.717) is 25.5 Å². The number of phenolic OH excluding ortho intramolecular Hbond substituents is 1. The van der Waals surface area contributed by atoms with Crippen LogP contribution in [0.5, 0.6) is 5.75 Å². The number of benzene rings is 1. The van der Waals surface area contributed by atoms with Gasteiger partial charge in [-0.05, 0) is 69.0 Å². The zero-order valence-electron chi connectivity index (χ0n) is 14.8. The highest BCUT2D eigenvalue weighted by atomic mass is 16.5. The molecular formula is C20H25NO4. The van der Waals surface area contributed by atoms with Crippen molar-refractivity contribution in [3.8, 4) is 5.75 Å². The number of ketones is 1. The number of nitrogens with zero attached hydrogens (tertiary/aromatic N) is 1. The van der Waals surface area contributed by atoms with Gasteiger partial charge in [0.2, 0.25) is 0 Å². The summed E-state index contributed by atoms with van der Waals surface area (Å²) in [6.07, 6.45) is 2.73. The summed E-state index contributed by atoms with van der Waals surface area (Å²) in [5, 5.41) is 10.0. The summed E-state index contributed by atoms with van der Waals surface area (Å²) in [5.41, 5.74) is 2.11. The Morgan fingerprint density at radius 3 is 3.00 bits per heavy atom. The van der Waals surface area contributed by atoms with Crippen molar-refractivity contribution in [2.75, 3.05) is 20.2 Å². The highest BCUT2D eigenvalue weighted by Crippen LogP contribution is 2.56. The van der Waals surface area contributed by atoms with Gasteiger partial charge in [-0.25, -0.2) is 0 Å². The molecule has 25 heavy (non-hydrogen) atoms. The van der Waals surface area contributed by atoms with Crippen molar-refractivity contribution >= 4 is 11.8 Å². The normalized spacial score (nSPS) is 34.2. The van der Waals surface area contributed by atoms with Gasteiger partial charge in [-0.15, -0.1) is 0 Å². The van der Waals surface area contributed by atoms with Crippen molar-refractivity contribution in [1.82, 2.24) is 4.90 Å². The molecule has 1 aromatic rings. The number of carbonyl (C=O) groups is 2. The number of piperidine rings is 1. The molecule has 134 valence electrons. The molecule has 1 saturated carbocycles. The molecule has 4 atom stereocenters. The number of carbonyl (C=O) groups excluding carboxylic acids is 2. The molecule has 3 aliphatic rings. The van der Waals surface area contributed by atoms with Crippen molar-refractivity contribution in [3.63, 3.8) is 0 Å². The fourth-order valence-electron chi connectivity index (χ4n) is 5.45. The van der Waals surface area contributed by atoms with Crippen molar-refractivity contribution in [3.05, 3.63) is 29.3 Å². The molecule has 1 aliphatic heterocycles. The zero-order chi connectivity index (χ0) is 17.8. The van der Waals surface area contributed by atoms with E-state index in [1.807, 2.05) is 12.1 Å². The first-order chi connectivity index (χ1) is 12.0. The number of aromatic hydroxyl groups is 1. The molecule has 1 heterocycles. The van der Waals surface area contributed by atoms with Crippen LogP contribution < -0.4 is 0 Å². The molecule has 1 aromatic carbocycles. The Kier molecular flexibility index (Phi) is 3.87. The number of rotatable bonds is 2. The summed E-state index contributed by atoms with van der Waals surface area (Å²) < 4.78 is 5.15. The molecular weight excluding hydrogens is 318 g/mol. The van der Waals surface area contributed by atoms with Crippen LogP contribution >= 0.6 is 0 Å². The highest BCUT2D eigenvalue weighted by Gasteiger charge is 2.58. The summed E-state index contributed by atoms with van der Waals surface area (Å²) in [4.78, 5) is 27.5. The molecule has 1 saturated heterocycles. The topological polar surface area (TPSA) is 66.8 Å². The second-order valence-electron chi connectivity index (χ2n) is 7.79. The molecule has 0 radical (unpaired) electrons. The Morgan fingerprint density at radius 2 is 2.24 bits per heavy atom. The minimum absolute atomic E-state index is 0.00537. The predicted molar refractivity (Wildman–Crippen MR) is 92.4 cm³/mol. The quantitative estimate of drug-likeness (QED) is 0.658. The molecule has 5 heteroatoms. The van der Waals surface area contributed by atoms with Crippen LogP contribution in [0.4, 0.5) is 0 Å². The molecule has 2 fully saturated rings. The molecule has 5 nitrogen and oxygen atoms in total.